The van der Waals surface area contributed by atoms with E-state index in [2.05, 4.69) is 5.32 Å². The third-order valence-corrected chi connectivity index (χ3v) is 3.38. The number of nitrogen functional groups attached to an aromatic ring is 1. The van der Waals surface area contributed by atoms with Gasteiger partial charge in [0.05, 0.1) is 22.4 Å². The lowest BCUT2D eigenvalue weighted by molar-refractivity contribution is 0.183. The van der Waals surface area contributed by atoms with Crippen LogP contribution in [0.2, 0.25) is 0 Å². The number of sulfonamides is 1. The molecule has 1 aromatic rings. The van der Waals surface area contributed by atoms with Crippen molar-refractivity contribution in [1.29, 1.82) is 0 Å². The van der Waals surface area contributed by atoms with E-state index in [0.717, 1.165) is 6.42 Å². The van der Waals surface area contributed by atoms with Crippen LogP contribution < -0.4 is 16.2 Å². The minimum Gasteiger partial charge on any atom is -0.397 e. The fourth-order valence-corrected chi connectivity index (χ4v) is 2.05. The molecule has 0 radical (unpaired) electrons. The first-order valence-corrected chi connectivity index (χ1v) is 7.19. The van der Waals surface area contributed by atoms with Gasteiger partial charge in [0.25, 0.3) is 0 Å². The highest BCUT2D eigenvalue weighted by Crippen LogP contribution is 2.21. The van der Waals surface area contributed by atoms with Gasteiger partial charge < -0.3 is 16.2 Å². The fraction of sp³-hybridized carbons (Fsp3) is 0.455. The van der Waals surface area contributed by atoms with Gasteiger partial charge >= 0.3 is 0 Å². The predicted molar refractivity (Wildman–Crippen MR) is 71.6 cm³/mol. The molecule has 0 heterocycles. The van der Waals surface area contributed by atoms with Crippen LogP contribution in [-0.2, 0) is 10.0 Å². The Balaban J connectivity index is 2.64. The van der Waals surface area contributed by atoms with Crippen LogP contribution in [0.5, 0.6) is 0 Å². The first kappa shape index (κ1) is 14.7. The van der Waals surface area contributed by atoms with Crippen molar-refractivity contribution in [2.45, 2.75) is 30.8 Å². The Labute approximate surface area is 107 Å². The number of nitrogens with one attached hydrogen (secondary N) is 1. The highest BCUT2D eigenvalue weighted by molar-refractivity contribution is 7.89. The summed E-state index contributed by atoms with van der Waals surface area (Å²) in [7, 11) is -3.72. The second kappa shape index (κ2) is 6.03. The van der Waals surface area contributed by atoms with Crippen LogP contribution in [0.3, 0.4) is 0 Å². The van der Waals surface area contributed by atoms with Crippen LogP contribution in [0.1, 0.15) is 19.8 Å². The number of rotatable bonds is 6. The summed E-state index contributed by atoms with van der Waals surface area (Å²) in [6, 6.07) is 4.31. The number of primary sulfonamides is 1. The Bertz CT molecular complexity index is 500. The standard InChI is InChI=1S/C11H19N3O3S/c1-8(15)3-2-6-14-11-5-4-9(7-10(11)12)18(13,16)17/h4-5,7-8,14-15H,2-3,6,12H2,1H3,(H2,13,16,17). The van der Waals surface area contributed by atoms with Crippen molar-refractivity contribution >= 4 is 21.4 Å². The van der Waals surface area contributed by atoms with Crippen molar-refractivity contribution in [3.63, 3.8) is 0 Å². The van der Waals surface area contributed by atoms with Crippen molar-refractivity contribution in [2.24, 2.45) is 5.14 Å². The molecule has 0 spiro atoms. The molecule has 6 N–H and O–H groups in total. The second-order valence-electron chi connectivity index (χ2n) is 4.21. The van der Waals surface area contributed by atoms with Crippen LogP contribution in [0.4, 0.5) is 11.4 Å². The van der Waals surface area contributed by atoms with E-state index in [0.29, 0.717) is 24.3 Å². The third-order valence-electron chi connectivity index (χ3n) is 2.47. The lowest BCUT2D eigenvalue weighted by atomic mass is 10.2. The average Bonchev–Trinajstić information content (AvgIpc) is 2.24. The Kier molecular flexibility index (Phi) is 4.94. The average molecular weight is 273 g/mol. The summed E-state index contributed by atoms with van der Waals surface area (Å²) in [5.74, 6) is 0. The number of aliphatic hydroxyl groups excluding tert-OH is 1. The second-order valence-corrected chi connectivity index (χ2v) is 5.77. The molecule has 0 aliphatic rings. The van der Waals surface area contributed by atoms with Gasteiger partial charge in [-0.2, -0.15) is 0 Å². The van der Waals surface area contributed by atoms with Gasteiger partial charge in [-0.15, -0.1) is 0 Å². The summed E-state index contributed by atoms with van der Waals surface area (Å²) in [6.07, 6.45) is 1.17. The van der Waals surface area contributed by atoms with Gasteiger partial charge in [0.15, 0.2) is 0 Å². The van der Waals surface area contributed by atoms with E-state index in [1.165, 1.54) is 12.1 Å². The molecule has 0 aromatic heterocycles. The molecule has 0 aliphatic heterocycles. The topological polar surface area (TPSA) is 118 Å². The molecule has 0 amide bonds. The van der Waals surface area contributed by atoms with Crippen LogP contribution in [0.25, 0.3) is 0 Å². The van der Waals surface area contributed by atoms with Crippen molar-refractivity contribution in [2.75, 3.05) is 17.6 Å². The number of aliphatic hydroxyl groups is 1. The molecule has 1 unspecified atom stereocenters. The summed E-state index contributed by atoms with van der Waals surface area (Å²) in [6.45, 7) is 2.39. The lowest BCUT2D eigenvalue weighted by Gasteiger charge is -2.11. The molecule has 1 rings (SSSR count). The van der Waals surface area contributed by atoms with Gasteiger partial charge in [0.2, 0.25) is 10.0 Å². The molecule has 1 atom stereocenters. The van der Waals surface area contributed by atoms with Crippen molar-refractivity contribution < 1.29 is 13.5 Å². The van der Waals surface area contributed by atoms with Gasteiger partial charge in [0.1, 0.15) is 0 Å². The van der Waals surface area contributed by atoms with Gasteiger partial charge in [-0.25, -0.2) is 13.6 Å². The van der Waals surface area contributed by atoms with Gasteiger partial charge in [-0.3, -0.25) is 0 Å². The SMILES string of the molecule is CC(O)CCCNc1ccc(S(N)(=O)=O)cc1N. The highest BCUT2D eigenvalue weighted by atomic mass is 32.2. The molecule has 18 heavy (non-hydrogen) atoms. The molecule has 0 aliphatic carbocycles. The zero-order valence-corrected chi connectivity index (χ0v) is 11.1. The minimum absolute atomic E-state index is 0.00506. The van der Waals surface area contributed by atoms with E-state index in [1.54, 1.807) is 13.0 Å². The number of hydrogen-bond acceptors (Lipinski definition) is 5. The summed E-state index contributed by atoms with van der Waals surface area (Å²) in [5, 5.41) is 17.2. The molecule has 102 valence electrons. The van der Waals surface area contributed by atoms with Gasteiger partial charge in [-0.1, -0.05) is 0 Å². The third kappa shape index (κ3) is 4.52. The highest BCUT2D eigenvalue weighted by Gasteiger charge is 2.09. The number of hydrogen-bond donors (Lipinski definition) is 4. The quantitative estimate of drug-likeness (QED) is 0.444. The van der Waals surface area contributed by atoms with Crippen LogP contribution in [-0.4, -0.2) is 26.2 Å². The number of benzene rings is 1. The van der Waals surface area contributed by atoms with Crippen molar-refractivity contribution in [3.05, 3.63) is 18.2 Å². The minimum atomic E-state index is -3.72. The Morgan fingerprint density at radius 3 is 2.61 bits per heavy atom. The predicted octanol–water partition coefficient (Wildman–Crippen LogP) is 0.489. The maximum Gasteiger partial charge on any atom is 0.238 e. The van der Waals surface area contributed by atoms with E-state index in [9.17, 15) is 8.42 Å². The first-order chi connectivity index (χ1) is 8.30. The summed E-state index contributed by atoms with van der Waals surface area (Å²) in [4.78, 5) is -0.00506. The molecular formula is C11H19N3O3S. The van der Waals surface area contributed by atoms with Gasteiger partial charge in [-0.05, 0) is 38.0 Å². The van der Waals surface area contributed by atoms with Crippen molar-refractivity contribution in [3.8, 4) is 0 Å². The molecule has 7 heteroatoms. The van der Waals surface area contributed by atoms with E-state index >= 15 is 0 Å². The fourth-order valence-electron chi connectivity index (χ4n) is 1.50. The normalized spacial score (nSPS) is 13.3. The molecule has 0 bridgehead atoms. The van der Waals surface area contributed by atoms with Gasteiger partial charge in [0, 0.05) is 6.54 Å². The summed E-state index contributed by atoms with van der Waals surface area (Å²) < 4.78 is 22.2. The van der Waals surface area contributed by atoms with E-state index in [-0.39, 0.29) is 11.0 Å². The zero-order valence-electron chi connectivity index (χ0n) is 10.3. The first-order valence-electron chi connectivity index (χ1n) is 5.65. The van der Waals surface area contributed by atoms with E-state index in [1.807, 2.05) is 0 Å². The molecule has 0 saturated carbocycles. The van der Waals surface area contributed by atoms with E-state index in [4.69, 9.17) is 16.0 Å². The summed E-state index contributed by atoms with van der Waals surface area (Å²) in [5.41, 5.74) is 6.72. The molecule has 0 fully saturated rings. The van der Waals surface area contributed by atoms with E-state index < -0.39 is 10.0 Å². The molecule has 6 nitrogen and oxygen atoms in total. The smallest absolute Gasteiger partial charge is 0.238 e. The Hall–Kier alpha value is -1.31. The number of nitrogens with two attached hydrogens (primary N) is 2. The number of anilines is 2. The largest absolute Gasteiger partial charge is 0.397 e. The summed E-state index contributed by atoms with van der Waals surface area (Å²) >= 11 is 0. The zero-order chi connectivity index (χ0) is 13.8. The van der Waals surface area contributed by atoms with Crippen LogP contribution in [0.15, 0.2) is 23.1 Å². The maximum atomic E-state index is 11.1. The van der Waals surface area contributed by atoms with Crippen LogP contribution in [0, 0.1) is 0 Å². The molecular weight excluding hydrogens is 254 g/mol. The maximum absolute atomic E-state index is 11.1. The lowest BCUT2D eigenvalue weighted by Crippen LogP contribution is -2.13. The monoisotopic (exact) mass is 273 g/mol. The molecule has 0 saturated heterocycles. The Morgan fingerprint density at radius 2 is 2.11 bits per heavy atom. The Morgan fingerprint density at radius 1 is 1.44 bits per heavy atom. The molecule has 1 aromatic carbocycles. The van der Waals surface area contributed by atoms with Crippen molar-refractivity contribution in [1.82, 2.24) is 0 Å². The van der Waals surface area contributed by atoms with Crippen LogP contribution >= 0.6 is 0 Å².